The van der Waals surface area contributed by atoms with Crippen LogP contribution in [0.2, 0.25) is 0 Å². The van der Waals surface area contributed by atoms with Crippen LogP contribution < -0.4 is 10.1 Å². The molecule has 0 unspecified atom stereocenters. The van der Waals surface area contributed by atoms with Crippen LogP contribution in [0.3, 0.4) is 0 Å². The largest absolute Gasteiger partial charge is 0.456 e. The zero-order valence-electron chi connectivity index (χ0n) is 17.1. The number of carbonyl (C=O) groups is 1. The lowest BCUT2D eigenvalue weighted by Gasteiger charge is -2.08. The Morgan fingerprint density at radius 2 is 1.72 bits per heavy atom. The third-order valence-corrected chi connectivity index (χ3v) is 4.84. The van der Waals surface area contributed by atoms with E-state index in [2.05, 4.69) is 30.5 Å². The molecule has 8 heteroatoms. The van der Waals surface area contributed by atoms with E-state index in [1.165, 1.54) is 0 Å². The minimum atomic E-state index is -0.347. The third-order valence-electron chi connectivity index (χ3n) is 4.84. The molecule has 1 amide bonds. The topological polar surface area (TPSA) is 106 Å². The van der Waals surface area contributed by atoms with Crippen LogP contribution in [-0.4, -0.2) is 31.1 Å². The van der Waals surface area contributed by atoms with Crippen LogP contribution >= 0.6 is 0 Å². The van der Waals surface area contributed by atoms with Crippen molar-refractivity contribution >= 4 is 22.5 Å². The number of H-pyrrole nitrogens is 1. The zero-order chi connectivity index (χ0) is 21.9. The first-order valence-corrected chi connectivity index (χ1v) is 9.92. The molecule has 0 aliphatic carbocycles. The minimum Gasteiger partial charge on any atom is -0.456 e. The minimum absolute atomic E-state index is 0.284. The Morgan fingerprint density at radius 1 is 0.906 bits per heavy atom. The van der Waals surface area contributed by atoms with Gasteiger partial charge in [0.15, 0.2) is 5.69 Å². The molecular weight excluding hydrogens is 404 g/mol. The number of pyridine rings is 1. The van der Waals surface area contributed by atoms with Crippen molar-refractivity contribution in [3.05, 3.63) is 90.9 Å². The summed E-state index contributed by atoms with van der Waals surface area (Å²) in [6, 6.07) is 17.2. The molecule has 0 aliphatic heterocycles. The van der Waals surface area contributed by atoms with E-state index < -0.39 is 0 Å². The Labute approximate surface area is 183 Å². The van der Waals surface area contributed by atoms with Crippen molar-refractivity contribution in [3.63, 3.8) is 0 Å². The van der Waals surface area contributed by atoms with Gasteiger partial charge >= 0.3 is 0 Å². The van der Waals surface area contributed by atoms with Crippen molar-refractivity contribution in [3.8, 4) is 22.6 Å². The highest BCUT2D eigenvalue weighted by molar-refractivity contribution is 6.11. The molecule has 2 N–H and O–H groups in total. The summed E-state index contributed by atoms with van der Waals surface area (Å²) in [5.74, 6) is 1.64. The van der Waals surface area contributed by atoms with E-state index in [-0.39, 0.29) is 11.6 Å². The molecule has 0 saturated carbocycles. The van der Waals surface area contributed by atoms with Gasteiger partial charge < -0.3 is 10.1 Å². The molecule has 32 heavy (non-hydrogen) atoms. The van der Waals surface area contributed by atoms with Crippen LogP contribution in [0.25, 0.3) is 22.0 Å². The van der Waals surface area contributed by atoms with Crippen LogP contribution in [0.15, 0.2) is 79.4 Å². The average molecular weight is 422 g/mol. The number of para-hydroxylation sites is 1. The monoisotopic (exact) mass is 422 g/mol. The van der Waals surface area contributed by atoms with Crippen LogP contribution in [0.4, 0.5) is 5.69 Å². The van der Waals surface area contributed by atoms with E-state index in [0.29, 0.717) is 22.6 Å². The number of nitrogens with one attached hydrogen (secondary N) is 2. The van der Waals surface area contributed by atoms with Gasteiger partial charge in [-0.05, 0) is 42.8 Å². The number of benzene rings is 2. The highest BCUT2D eigenvalue weighted by Gasteiger charge is 2.16. The predicted molar refractivity (Wildman–Crippen MR) is 121 cm³/mol. The number of carbonyl (C=O) groups excluding carboxylic acids is 1. The molecule has 2 aromatic carbocycles. The Balaban J connectivity index is 1.44. The highest BCUT2D eigenvalue weighted by atomic mass is 16.5. The zero-order valence-corrected chi connectivity index (χ0v) is 17.1. The fourth-order valence-corrected chi connectivity index (χ4v) is 3.27. The Hall–Kier alpha value is -4.59. The van der Waals surface area contributed by atoms with Crippen LogP contribution in [0, 0.1) is 6.92 Å². The van der Waals surface area contributed by atoms with Crippen molar-refractivity contribution in [2.24, 2.45) is 0 Å². The highest BCUT2D eigenvalue weighted by Crippen LogP contribution is 2.29. The lowest BCUT2D eigenvalue weighted by Crippen LogP contribution is -2.13. The second-order valence-corrected chi connectivity index (χ2v) is 7.13. The number of aromatic nitrogens is 5. The van der Waals surface area contributed by atoms with Crippen LogP contribution in [0.1, 0.15) is 16.3 Å². The number of ether oxygens (including phenoxy) is 1. The van der Waals surface area contributed by atoms with Crippen molar-refractivity contribution in [2.45, 2.75) is 6.92 Å². The molecule has 156 valence electrons. The Morgan fingerprint density at radius 3 is 2.53 bits per heavy atom. The van der Waals surface area contributed by atoms with Gasteiger partial charge in [-0.25, -0.2) is 9.97 Å². The maximum Gasteiger partial charge on any atom is 0.276 e. The third kappa shape index (κ3) is 4.01. The normalized spacial score (nSPS) is 10.8. The van der Waals surface area contributed by atoms with Gasteiger partial charge in [0.25, 0.3) is 5.91 Å². The first-order chi connectivity index (χ1) is 15.7. The summed E-state index contributed by atoms with van der Waals surface area (Å²) >= 11 is 0. The molecule has 3 aromatic heterocycles. The van der Waals surface area contributed by atoms with Crippen molar-refractivity contribution in [1.29, 1.82) is 0 Å². The summed E-state index contributed by atoms with van der Waals surface area (Å²) in [4.78, 5) is 25.3. The van der Waals surface area contributed by atoms with E-state index in [1.54, 1.807) is 31.7 Å². The van der Waals surface area contributed by atoms with Gasteiger partial charge in [0.1, 0.15) is 17.3 Å². The standard InChI is InChI=1S/C24H18N6O2/c1-15-26-12-18(13-27-15)28-24(31)23-21-10-16(7-8-22(21)29-30-23)17-9-20(14-25-11-17)32-19-5-3-2-4-6-19/h2-14H,1H3,(H,28,31)(H,29,30). The van der Waals surface area contributed by atoms with Gasteiger partial charge in [0.2, 0.25) is 0 Å². The molecule has 0 bridgehead atoms. The Bertz CT molecular complexity index is 1400. The van der Waals surface area contributed by atoms with E-state index in [9.17, 15) is 4.79 Å². The van der Waals surface area contributed by atoms with Gasteiger partial charge in [0.05, 0.1) is 29.8 Å². The van der Waals surface area contributed by atoms with Crippen molar-refractivity contribution < 1.29 is 9.53 Å². The molecule has 0 radical (unpaired) electrons. The number of fused-ring (bicyclic) bond motifs is 1. The van der Waals surface area contributed by atoms with E-state index >= 15 is 0 Å². The number of aromatic amines is 1. The first-order valence-electron chi connectivity index (χ1n) is 9.92. The predicted octanol–water partition coefficient (Wildman–Crippen LogP) is 4.77. The summed E-state index contributed by atoms with van der Waals surface area (Å²) in [5.41, 5.74) is 3.29. The van der Waals surface area contributed by atoms with Crippen molar-refractivity contribution in [1.82, 2.24) is 25.1 Å². The molecule has 0 atom stereocenters. The summed E-state index contributed by atoms with van der Waals surface area (Å²) in [6.07, 6.45) is 6.53. The summed E-state index contributed by atoms with van der Waals surface area (Å²) < 4.78 is 5.89. The van der Waals surface area contributed by atoms with Crippen LogP contribution in [-0.2, 0) is 0 Å². The first kappa shape index (κ1) is 19.4. The van der Waals surface area contributed by atoms with Gasteiger partial charge in [-0.3, -0.25) is 14.9 Å². The molecule has 0 saturated heterocycles. The molecule has 0 fully saturated rings. The van der Waals surface area contributed by atoms with E-state index in [1.807, 2.05) is 54.6 Å². The molecule has 8 nitrogen and oxygen atoms in total. The molecule has 5 aromatic rings. The second-order valence-electron chi connectivity index (χ2n) is 7.13. The van der Waals surface area contributed by atoms with E-state index in [4.69, 9.17) is 4.74 Å². The maximum atomic E-state index is 12.8. The summed E-state index contributed by atoms with van der Waals surface area (Å²) in [7, 11) is 0. The number of amides is 1. The number of nitrogens with zero attached hydrogens (tertiary/aromatic N) is 4. The van der Waals surface area contributed by atoms with Gasteiger partial charge in [-0.15, -0.1) is 0 Å². The molecule has 3 heterocycles. The lowest BCUT2D eigenvalue weighted by atomic mass is 10.0. The van der Waals surface area contributed by atoms with Gasteiger partial charge in [-0.1, -0.05) is 24.3 Å². The number of hydrogen-bond acceptors (Lipinski definition) is 6. The van der Waals surface area contributed by atoms with Gasteiger partial charge in [0, 0.05) is 17.1 Å². The fraction of sp³-hybridized carbons (Fsp3) is 0.0417. The maximum absolute atomic E-state index is 12.8. The van der Waals surface area contributed by atoms with E-state index in [0.717, 1.165) is 22.4 Å². The summed E-state index contributed by atoms with van der Waals surface area (Å²) in [6.45, 7) is 1.78. The molecule has 0 aliphatic rings. The molecule has 0 spiro atoms. The number of rotatable bonds is 5. The van der Waals surface area contributed by atoms with Gasteiger partial charge in [-0.2, -0.15) is 5.10 Å². The molecule has 5 rings (SSSR count). The number of hydrogen-bond donors (Lipinski definition) is 2. The SMILES string of the molecule is Cc1ncc(NC(=O)c2n[nH]c3ccc(-c4cncc(Oc5ccccc5)c4)cc23)cn1. The smallest absolute Gasteiger partial charge is 0.276 e. The number of aryl methyl sites for hydroxylation is 1. The fourth-order valence-electron chi connectivity index (χ4n) is 3.27. The van der Waals surface area contributed by atoms with Crippen molar-refractivity contribution in [2.75, 3.05) is 5.32 Å². The number of anilines is 1. The average Bonchev–Trinajstić information content (AvgIpc) is 3.25. The van der Waals surface area contributed by atoms with Crippen LogP contribution in [0.5, 0.6) is 11.5 Å². The Kier molecular flexibility index (Phi) is 5.01. The summed E-state index contributed by atoms with van der Waals surface area (Å²) in [5, 5.41) is 10.6. The molecular formula is C24H18N6O2. The lowest BCUT2D eigenvalue weighted by molar-refractivity contribution is 0.102. The second kappa shape index (κ2) is 8.27. The quantitative estimate of drug-likeness (QED) is 0.423.